The van der Waals surface area contributed by atoms with Gasteiger partial charge in [-0.05, 0) is 36.9 Å². The Hall–Kier alpha value is -2.93. The number of hydrogen-bond donors (Lipinski definition) is 1. The number of carbonyl (C=O) groups is 2. The molecule has 0 aliphatic carbocycles. The van der Waals surface area contributed by atoms with Crippen LogP contribution in [0.3, 0.4) is 0 Å². The first-order valence-electron chi connectivity index (χ1n) is 7.38. The average Bonchev–Trinajstić information content (AvgIpc) is 2.61. The van der Waals surface area contributed by atoms with Crippen LogP contribution in [0, 0.1) is 0 Å². The Kier molecular flexibility index (Phi) is 5.49. The number of aromatic hydroxyl groups is 1. The van der Waals surface area contributed by atoms with Crippen molar-refractivity contribution in [3.63, 3.8) is 0 Å². The molecule has 24 heavy (non-hydrogen) atoms. The van der Waals surface area contributed by atoms with Crippen LogP contribution in [0.2, 0.25) is 0 Å². The van der Waals surface area contributed by atoms with Gasteiger partial charge in [-0.25, -0.2) is 4.79 Å². The van der Waals surface area contributed by atoms with E-state index in [0.717, 1.165) is 18.9 Å². The van der Waals surface area contributed by atoms with Crippen LogP contribution in [-0.2, 0) is 9.53 Å². The first-order valence-corrected chi connectivity index (χ1v) is 7.38. The second-order valence-electron chi connectivity index (χ2n) is 5.26. The minimum absolute atomic E-state index is 0.0324. The summed E-state index contributed by atoms with van der Waals surface area (Å²) in [5.74, 6) is -1.15. The number of amides is 1. The van der Waals surface area contributed by atoms with Gasteiger partial charge < -0.3 is 19.5 Å². The Morgan fingerprint density at radius 1 is 1.38 bits per heavy atom. The Labute approximate surface area is 138 Å². The number of methoxy groups -OCH3 is 2. The molecule has 1 saturated heterocycles. The summed E-state index contributed by atoms with van der Waals surface area (Å²) >= 11 is 0. The summed E-state index contributed by atoms with van der Waals surface area (Å²) in [4.78, 5) is 28.9. The molecule has 2 rings (SSSR count). The van der Waals surface area contributed by atoms with Crippen molar-refractivity contribution in [1.29, 1.82) is 0 Å². The molecule has 128 valence electrons. The van der Waals surface area contributed by atoms with Crippen molar-refractivity contribution in [2.24, 2.45) is 5.11 Å². The van der Waals surface area contributed by atoms with Gasteiger partial charge in [-0.3, -0.25) is 4.79 Å². The molecule has 1 atom stereocenters. The average molecular weight is 334 g/mol. The van der Waals surface area contributed by atoms with Gasteiger partial charge >= 0.3 is 5.97 Å². The van der Waals surface area contributed by atoms with Crippen molar-refractivity contribution in [3.8, 4) is 11.5 Å². The summed E-state index contributed by atoms with van der Waals surface area (Å²) in [5.41, 5.74) is 8.70. The van der Waals surface area contributed by atoms with Crippen LogP contribution in [0.25, 0.3) is 10.4 Å². The number of esters is 1. The van der Waals surface area contributed by atoms with Crippen LogP contribution in [-0.4, -0.2) is 48.7 Å². The summed E-state index contributed by atoms with van der Waals surface area (Å²) in [6.45, 7) is 0.386. The maximum Gasteiger partial charge on any atom is 0.328 e. The molecule has 0 spiro atoms. The number of phenolic OH excluding ortho intramolecular Hbond substituents is 1. The van der Waals surface area contributed by atoms with E-state index < -0.39 is 17.9 Å². The molecular weight excluding hydrogens is 316 g/mol. The van der Waals surface area contributed by atoms with Gasteiger partial charge in [0.25, 0.3) is 5.91 Å². The van der Waals surface area contributed by atoms with E-state index in [1.165, 1.54) is 25.2 Å². The predicted molar refractivity (Wildman–Crippen MR) is 84.2 cm³/mol. The molecule has 1 fully saturated rings. The topological polar surface area (TPSA) is 125 Å². The first kappa shape index (κ1) is 17.4. The van der Waals surface area contributed by atoms with Gasteiger partial charge in [0.2, 0.25) is 0 Å². The SMILES string of the molecule is COC(=O)[C@@H]1CCCCN1C(=O)c1cc(OC)c(O)cc1N=[N+]=[N-]. The van der Waals surface area contributed by atoms with E-state index >= 15 is 0 Å². The number of piperidine rings is 1. The molecule has 9 heteroatoms. The largest absolute Gasteiger partial charge is 0.504 e. The summed E-state index contributed by atoms with van der Waals surface area (Å²) in [5, 5.41) is 13.3. The molecule has 1 aliphatic heterocycles. The highest BCUT2D eigenvalue weighted by molar-refractivity contribution is 6.01. The van der Waals surface area contributed by atoms with E-state index in [9.17, 15) is 14.7 Å². The lowest BCUT2D eigenvalue weighted by Gasteiger charge is -2.34. The lowest BCUT2D eigenvalue weighted by molar-refractivity contribution is -0.147. The van der Waals surface area contributed by atoms with E-state index in [4.69, 9.17) is 15.0 Å². The molecule has 1 amide bonds. The van der Waals surface area contributed by atoms with Crippen LogP contribution in [0.4, 0.5) is 5.69 Å². The Balaban J connectivity index is 2.46. The van der Waals surface area contributed by atoms with Gasteiger partial charge in [-0.1, -0.05) is 5.11 Å². The predicted octanol–water partition coefficient (Wildman–Crippen LogP) is 2.51. The maximum atomic E-state index is 12.9. The number of rotatable bonds is 4. The summed E-state index contributed by atoms with van der Waals surface area (Å²) in [7, 11) is 2.61. The number of ether oxygens (including phenoxy) is 2. The number of carbonyl (C=O) groups excluding carboxylic acids is 2. The first-order chi connectivity index (χ1) is 11.5. The van der Waals surface area contributed by atoms with Crippen LogP contribution < -0.4 is 4.74 Å². The van der Waals surface area contributed by atoms with E-state index in [2.05, 4.69) is 10.0 Å². The van der Waals surface area contributed by atoms with Crippen molar-refractivity contribution in [3.05, 3.63) is 28.1 Å². The monoisotopic (exact) mass is 334 g/mol. The summed E-state index contributed by atoms with van der Waals surface area (Å²) in [6, 6.07) is 1.77. The fourth-order valence-electron chi connectivity index (χ4n) is 2.73. The molecule has 0 radical (unpaired) electrons. The number of nitrogens with zero attached hydrogens (tertiary/aromatic N) is 4. The second kappa shape index (κ2) is 7.56. The number of likely N-dealkylation sites (tertiary alicyclic amines) is 1. The Morgan fingerprint density at radius 2 is 2.12 bits per heavy atom. The summed E-state index contributed by atoms with van der Waals surface area (Å²) < 4.78 is 9.77. The van der Waals surface area contributed by atoms with E-state index in [0.29, 0.717) is 13.0 Å². The molecule has 0 unspecified atom stereocenters. The van der Waals surface area contributed by atoms with Gasteiger partial charge in [0.05, 0.1) is 25.5 Å². The van der Waals surface area contributed by atoms with E-state index in [-0.39, 0.29) is 22.7 Å². The number of phenols is 1. The van der Waals surface area contributed by atoms with Crippen LogP contribution in [0.5, 0.6) is 11.5 Å². The smallest absolute Gasteiger partial charge is 0.328 e. The van der Waals surface area contributed by atoms with Crippen molar-refractivity contribution < 1.29 is 24.2 Å². The third-order valence-electron chi connectivity index (χ3n) is 3.92. The molecule has 0 aromatic heterocycles. The zero-order valence-electron chi connectivity index (χ0n) is 13.4. The third kappa shape index (κ3) is 3.36. The zero-order chi connectivity index (χ0) is 17.7. The number of azide groups is 1. The quantitative estimate of drug-likeness (QED) is 0.392. The van der Waals surface area contributed by atoms with Gasteiger partial charge in [-0.2, -0.15) is 0 Å². The molecule has 0 bridgehead atoms. The second-order valence-corrected chi connectivity index (χ2v) is 5.26. The van der Waals surface area contributed by atoms with Gasteiger partial charge in [0.1, 0.15) is 6.04 Å². The molecule has 1 heterocycles. The normalized spacial score (nSPS) is 16.9. The molecule has 1 aromatic rings. The number of benzene rings is 1. The van der Waals surface area contributed by atoms with E-state index in [1.54, 1.807) is 0 Å². The molecule has 1 N–H and O–H groups in total. The molecular formula is C15H18N4O5. The van der Waals surface area contributed by atoms with Crippen LogP contribution >= 0.6 is 0 Å². The molecule has 9 nitrogen and oxygen atoms in total. The number of hydrogen-bond acceptors (Lipinski definition) is 6. The molecule has 1 aliphatic rings. The minimum atomic E-state index is -0.685. The maximum absolute atomic E-state index is 12.9. The van der Waals surface area contributed by atoms with Gasteiger partial charge in [0, 0.05) is 11.5 Å². The van der Waals surface area contributed by atoms with Crippen molar-refractivity contribution in [2.45, 2.75) is 25.3 Å². The Bertz CT molecular complexity index is 699. The fraction of sp³-hybridized carbons (Fsp3) is 0.467. The highest BCUT2D eigenvalue weighted by atomic mass is 16.5. The van der Waals surface area contributed by atoms with Crippen molar-refractivity contribution in [1.82, 2.24) is 4.90 Å². The van der Waals surface area contributed by atoms with Crippen LogP contribution in [0.1, 0.15) is 29.6 Å². The highest BCUT2D eigenvalue weighted by Gasteiger charge is 2.34. The lowest BCUT2D eigenvalue weighted by Crippen LogP contribution is -2.48. The lowest BCUT2D eigenvalue weighted by atomic mass is 10.00. The van der Waals surface area contributed by atoms with Gasteiger partial charge in [0.15, 0.2) is 11.5 Å². The summed E-state index contributed by atoms with van der Waals surface area (Å²) in [6.07, 6.45) is 2.07. The zero-order valence-corrected chi connectivity index (χ0v) is 13.4. The fourth-order valence-corrected chi connectivity index (χ4v) is 2.73. The molecule has 1 aromatic carbocycles. The van der Waals surface area contributed by atoms with Crippen molar-refractivity contribution >= 4 is 17.6 Å². The molecule has 0 saturated carbocycles. The standard InChI is InChI=1S/C15H18N4O5/c1-23-13-7-9(10(17-18-16)8-12(13)20)14(21)19-6-4-3-5-11(19)15(22)24-2/h7-8,11,20H,3-6H2,1-2H3/t11-/m0/s1. The van der Waals surface area contributed by atoms with Gasteiger partial charge in [-0.15, -0.1) is 0 Å². The Morgan fingerprint density at radius 3 is 2.75 bits per heavy atom. The van der Waals surface area contributed by atoms with Crippen molar-refractivity contribution in [2.75, 3.05) is 20.8 Å². The third-order valence-corrected chi connectivity index (χ3v) is 3.92. The minimum Gasteiger partial charge on any atom is -0.504 e. The van der Waals surface area contributed by atoms with E-state index in [1.807, 2.05) is 0 Å². The van der Waals surface area contributed by atoms with Crippen LogP contribution in [0.15, 0.2) is 17.2 Å². The highest BCUT2D eigenvalue weighted by Crippen LogP contribution is 2.35.